The highest BCUT2D eigenvalue weighted by Gasteiger charge is 2.30. The van der Waals surface area contributed by atoms with Crippen LogP contribution in [-0.2, 0) is 0 Å². The SMILES string of the molecule is CC(C)Oc1ccc(-c2ccc(C(=O)C3CC3)cc2)cc1. The van der Waals surface area contributed by atoms with Crippen molar-refractivity contribution in [3.8, 4) is 16.9 Å². The Morgan fingerprint density at radius 2 is 1.48 bits per heavy atom. The molecule has 0 unspecified atom stereocenters. The van der Waals surface area contributed by atoms with E-state index in [0.29, 0.717) is 5.78 Å². The van der Waals surface area contributed by atoms with Gasteiger partial charge in [-0.05, 0) is 49.9 Å². The van der Waals surface area contributed by atoms with E-state index in [4.69, 9.17) is 4.74 Å². The average molecular weight is 280 g/mol. The Bertz CT molecular complexity index is 620. The quantitative estimate of drug-likeness (QED) is 0.740. The number of benzene rings is 2. The van der Waals surface area contributed by atoms with E-state index in [-0.39, 0.29) is 12.0 Å². The van der Waals surface area contributed by atoms with Crippen molar-refractivity contribution in [3.63, 3.8) is 0 Å². The molecule has 0 heterocycles. The van der Waals surface area contributed by atoms with E-state index in [9.17, 15) is 4.79 Å². The number of hydrogen-bond donors (Lipinski definition) is 0. The molecule has 0 amide bonds. The Kier molecular flexibility index (Phi) is 3.78. The van der Waals surface area contributed by atoms with Crippen LogP contribution < -0.4 is 4.74 Å². The highest BCUT2D eigenvalue weighted by Crippen LogP contribution is 2.33. The first kappa shape index (κ1) is 13.9. The standard InChI is InChI=1S/C19H20O2/c1-13(2)21-18-11-9-15(10-12-18)14-3-5-16(6-4-14)19(20)17-7-8-17/h3-6,9-13,17H,7-8H2,1-2H3. The molecule has 2 aromatic carbocycles. The van der Waals surface area contributed by atoms with Gasteiger partial charge in [-0.1, -0.05) is 36.4 Å². The maximum absolute atomic E-state index is 12.0. The van der Waals surface area contributed by atoms with Gasteiger partial charge in [0.05, 0.1) is 6.10 Å². The topological polar surface area (TPSA) is 26.3 Å². The Morgan fingerprint density at radius 3 is 1.95 bits per heavy atom. The van der Waals surface area contributed by atoms with Gasteiger partial charge < -0.3 is 4.74 Å². The summed E-state index contributed by atoms with van der Waals surface area (Å²) in [6.07, 6.45) is 2.29. The van der Waals surface area contributed by atoms with E-state index in [1.807, 2.05) is 50.2 Å². The lowest BCUT2D eigenvalue weighted by Crippen LogP contribution is -2.05. The van der Waals surface area contributed by atoms with Crippen molar-refractivity contribution in [3.05, 3.63) is 54.1 Å². The van der Waals surface area contributed by atoms with Crippen molar-refractivity contribution in [2.24, 2.45) is 5.92 Å². The van der Waals surface area contributed by atoms with Gasteiger partial charge in [0.25, 0.3) is 0 Å². The molecular formula is C19H20O2. The van der Waals surface area contributed by atoms with Gasteiger partial charge in [0, 0.05) is 11.5 Å². The molecule has 2 aromatic rings. The minimum atomic E-state index is 0.184. The van der Waals surface area contributed by atoms with Crippen LogP contribution in [0.2, 0.25) is 0 Å². The van der Waals surface area contributed by atoms with Crippen molar-refractivity contribution in [2.45, 2.75) is 32.8 Å². The first-order chi connectivity index (χ1) is 10.1. The van der Waals surface area contributed by atoms with Crippen molar-refractivity contribution in [2.75, 3.05) is 0 Å². The van der Waals surface area contributed by atoms with Crippen LogP contribution in [0.25, 0.3) is 11.1 Å². The van der Waals surface area contributed by atoms with E-state index in [1.54, 1.807) is 0 Å². The second-order valence-electron chi connectivity index (χ2n) is 5.91. The number of carbonyl (C=O) groups excluding carboxylic acids is 1. The Balaban J connectivity index is 1.75. The summed E-state index contributed by atoms with van der Waals surface area (Å²) in [5, 5.41) is 0. The molecule has 1 fully saturated rings. The fourth-order valence-corrected chi connectivity index (χ4v) is 2.41. The zero-order valence-corrected chi connectivity index (χ0v) is 12.5. The van der Waals surface area contributed by atoms with E-state index in [0.717, 1.165) is 35.3 Å². The minimum Gasteiger partial charge on any atom is -0.491 e. The van der Waals surface area contributed by atoms with Gasteiger partial charge in [0.15, 0.2) is 5.78 Å². The van der Waals surface area contributed by atoms with Gasteiger partial charge in [0.1, 0.15) is 5.75 Å². The van der Waals surface area contributed by atoms with Gasteiger partial charge in [-0.2, -0.15) is 0 Å². The van der Waals surface area contributed by atoms with Crippen LogP contribution in [0.3, 0.4) is 0 Å². The summed E-state index contributed by atoms with van der Waals surface area (Å²) < 4.78 is 5.64. The fourth-order valence-electron chi connectivity index (χ4n) is 2.41. The number of hydrogen-bond acceptors (Lipinski definition) is 2. The molecule has 0 aromatic heterocycles. The van der Waals surface area contributed by atoms with Crippen LogP contribution in [0.1, 0.15) is 37.0 Å². The smallest absolute Gasteiger partial charge is 0.165 e. The van der Waals surface area contributed by atoms with Crippen LogP contribution in [0.15, 0.2) is 48.5 Å². The second-order valence-corrected chi connectivity index (χ2v) is 5.91. The van der Waals surface area contributed by atoms with Gasteiger partial charge in [-0.15, -0.1) is 0 Å². The maximum atomic E-state index is 12.0. The largest absolute Gasteiger partial charge is 0.491 e. The minimum absolute atomic E-state index is 0.184. The van der Waals surface area contributed by atoms with Gasteiger partial charge in [-0.25, -0.2) is 0 Å². The molecule has 0 atom stereocenters. The lowest BCUT2D eigenvalue weighted by Gasteiger charge is -2.10. The summed E-state index contributed by atoms with van der Waals surface area (Å²) in [4.78, 5) is 12.0. The van der Waals surface area contributed by atoms with Crippen molar-refractivity contribution >= 4 is 5.78 Å². The molecule has 0 aliphatic heterocycles. The van der Waals surface area contributed by atoms with E-state index in [1.165, 1.54) is 0 Å². The second kappa shape index (κ2) is 5.72. The van der Waals surface area contributed by atoms with E-state index in [2.05, 4.69) is 12.1 Å². The number of Topliss-reactive ketones (excluding diaryl/α,β-unsaturated/α-hetero) is 1. The van der Waals surface area contributed by atoms with Crippen LogP contribution in [0.4, 0.5) is 0 Å². The highest BCUT2D eigenvalue weighted by atomic mass is 16.5. The third kappa shape index (κ3) is 3.33. The zero-order valence-electron chi connectivity index (χ0n) is 12.5. The predicted octanol–water partition coefficient (Wildman–Crippen LogP) is 4.73. The molecule has 1 aliphatic carbocycles. The molecule has 21 heavy (non-hydrogen) atoms. The predicted molar refractivity (Wildman–Crippen MR) is 84.7 cm³/mol. The lowest BCUT2D eigenvalue weighted by atomic mass is 10.0. The summed E-state index contributed by atoms with van der Waals surface area (Å²) in [5.74, 6) is 1.46. The van der Waals surface area contributed by atoms with Gasteiger partial charge in [0.2, 0.25) is 0 Å². The molecule has 1 saturated carbocycles. The van der Waals surface area contributed by atoms with E-state index >= 15 is 0 Å². The van der Waals surface area contributed by atoms with Crippen LogP contribution in [-0.4, -0.2) is 11.9 Å². The number of carbonyl (C=O) groups is 1. The first-order valence-electron chi connectivity index (χ1n) is 7.55. The molecular weight excluding hydrogens is 260 g/mol. The number of ketones is 1. The lowest BCUT2D eigenvalue weighted by molar-refractivity contribution is 0.0967. The molecule has 0 saturated heterocycles. The van der Waals surface area contributed by atoms with Crippen molar-refractivity contribution in [1.29, 1.82) is 0 Å². The summed E-state index contributed by atoms with van der Waals surface area (Å²) in [6, 6.07) is 16.0. The van der Waals surface area contributed by atoms with Crippen LogP contribution >= 0.6 is 0 Å². The van der Waals surface area contributed by atoms with E-state index < -0.39 is 0 Å². The van der Waals surface area contributed by atoms with Crippen molar-refractivity contribution in [1.82, 2.24) is 0 Å². The number of ether oxygens (including phenoxy) is 1. The average Bonchev–Trinajstić information content (AvgIpc) is 3.32. The molecule has 0 N–H and O–H groups in total. The van der Waals surface area contributed by atoms with Crippen molar-refractivity contribution < 1.29 is 9.53 Å². The summed E-state index contributed by atoms with van der Waals surface area (Å²) in [7, 11) is 0. The molecule has 0 spiro atoms. The Hall–Kier alpha value is -2.09. The molecule has 3 rings (SSSR count). The molecule has 0 bridgehead atoms. The Morgan fingerprint density at radius 1 is 0.952 bits per heavy atom. The molecule has 2 heteroatoms. The summed E-state index contributed by atoms with van der Waals surface area (Å²) in [6.45, 7) is 4.03. The monoisotopic (exact) mass is 280 g/mol. The summed E-state index contributed by atoms with van der Waals surface area (Å²) >= 11 is 0. The molecule has 2 nitrogen and oxygen atoms in total. The van der Waals surface area contributed by atoms with Crippen LogP contribution in [0.5, 0.6) is 5.75 Å². The van der Waals surface area contributed by atoms with Gasteiger partial charge >= 0.3 is 0 Å². The van der Waals surface area contributed by atoms with Gasteiger partial charge in [-0.3, -0.25) is 4.79 Å². The third-order valence-electron chi connectivity index (χ3n) is 3.68. The Labute approximate surface area is 125 Å². The normalized spacial score (nSPS) is 14.2. The summed E-state index contributed by atoms with van der Waals surface area (Å²) in [5.41, 5.74) is 3.09. The maximum Gasteiger partial charge on any atom is 0.165 e. The first-order valence-corrected chi connectivity index (χ1v) is 7.55. The molecule has 1 aliphatic rings. The third-order valence-corrected chi connectivity index (χ3v) is 3.68. The van der Waals surface area contributed by atoms with Crippen LogP contribution in [0, 0.1) is 5.92 Å². The molecule has 108 valence electrons. The highest BCUT2D eigenvalue weighted by molar-refractivity contribution is 5.99. The number of rotatable bonds is 5. The fraction of sp³-hybridized carbons (Fsp3) is 0.316. The molecule has 0 radical (unpaired) electrons. The zero-order chi connectivity index (χ0) is 14.8.